The normalized spacial score (nSPS) is 25.7. The van der Waals surface area contributed by atoms with E-state index in [1.807, 2.05) is 0 Å². The van der Waals surface area contributed by atoms with Gasteiger partial charge in [0.2, 0.25) is 5.91 Å². The molecular weight excluding hydrogens is 710 g/mol. The Hall–Kier alpha value is -4.52. The van der Waals surface area contributed by atoms with Gasteiger partial charge in [0.15, 0.2) is 17.1 Å². The van der Waals surface area contributed by atoms with E-state index in [0.717, 1.165) is 55.5 Å². The number of piperidine rings is 1. The monoisotopic (exact) mass is 771 g/mol. The molecule has 2 heterocycles. The highest BCUT2D eigenvalue weighted by Gasteiger charge is 2.31. The fraction of sp³-hybridized carbons (Fsp3) is 0.317. The molecule has 1 aliphatic rings. The average molecular weight is 772 g/mol. The van der Waals surface area contributed by atoms with Crippen LogP contribution in [0.15, 0.2) is 101 Å². The van der Waals surface area contributed by atoms with Crippen LogP contribution in [0.25, 0.3) is 22.0 Å². The zero-order valence-electron chi connectivity index (χ0n) is 49.1. The van der Waals surface area contributed by atoms with Gasteiger partial charge in [0.1, 0.15) is 6.50 Å². The van der Waals surface area contributed by atoms with Gasteiger partial charge in [-0.05, 0) is 66.6 Å². The van der Waals surface area contributed by atoms with E-state index in [0.29, 0.717) is 18.2 Å². The summed E-state index contributed by atoms with van der Waals surface area (Å²) in [6, 6.07) is 0.177. The van der Waals surface area contributed by atoms with Crippen molar-refractivity contribution >= 4 is 28.6 Å². The molecule has 4 aromatic carbocycles. The fourth-order valence-corrected chi connectivity index (χ4v) is 5.74. The number of aromatic nitrogens is 1. The molecule has 6 rings (SSSR count). The van der Waals surface area contributed by atoms with Crippen LogP contribution in [0.5, 0.6) is 0 Å². The molecule has 0 N–H and O–H groups in total. The van der Waals surface area contributed by atoms with Gasteiger partial charge in [-0.25, -0.2) is 8.78 Å². The van der Waals surface area contributed by atoms with Gasteiger partial charge in [-0.2, -0.15) is 13.2 Å². The molecule has 0 saturated carbocycles. The highest BCUT2D eigenvalue weighted by molar-refractivity contribution is 7.98. The first kappa shape index (κ1) is 19.2. The zero-order chi connectivity index (χ0) is 57.2. The number of carbonyl (C=O) groups is 1. The third-order valence-electron chi connectivity index (χ3n) is 7.36. The molecule has 0 aliphatic carbocycles. The Bertz CT molecular complexity index is 3110. The van der Waals surface area contributed by atoms with Gasteiger partial charge in [-0.1, -0.05) is 60.1 Å². The van der Waals surface area contributed by atoms with Crippen molar-refractivity contribution in [1.29, 1.82) is 0 Å². The van der Waals surface area contributed by atoms with Crippen molar-refractivity contribution in [1.82, 2.24) is 14.4 Å². The van der Waals surface area contributed by atoms with Crippen LogP contribution in [0, 0.1) is 18.6 Å². The van der Waals surface area contributed by atoms with Crippen molar-refractivity contribution in [2.45, 2.75) is 55.6 Å². The molecule has 53 heavy (non-hydrogen) atoms. The molecule has 1 aliphatic heterocycles. The number of fused-ring (bicyclic) bond motifs is 1. The zero-order valence-corrected chi connectivity index (χ0v) is 27.9. The lowest BCUT2D eigenvalue weighted by Crippen LogP contribution is -2.48. The van der Waals surface area contributed by atoms with E-state index in [1.54, 1.807) is 0 Å². The number of amides is 1. The molecule has 12 heteroatoms. The fourth-order valence-electron chi connectivity index (χ4n) is 4.79. The average Bonchev–Trinajstić information content (AvgIpc) is 3.29. The van der Waals surface area contributed by atoms with Crippen LogP contribution < -0.4 is 5.43 Å². The number of pyridine rings is 1. The maximum Gasteiger partial charge on any atom is 0.416 e. The summed E-state index contributed by atoms with van der Waals surface area (Å²) in [5.41, 5.74) is -5.70. The third-order valence-corrected chi connectivity index (χ3v) is 8.37. The minimum Gasteiger partial charge on any atom is -0.383 e. The van der Waals surface area contributed by atoms with Crippen molar-refractivity contribution in [2.24, 2.45) is 0 Å². The smallest absolute Gasteiger partial charge is 0.383 e. The number of alkyl halides is 3. The summed E-state index contributed by atoms with van der Waals surface area (Å²) in [4.78, 5) is 28.1. The highest BCUT2D eigenvalue weighted by atomic mass is 32.2. The Morgan fingerprint density at radius 3 is 2.43 bits per heavy atom. The lowest BCUT2D eigenvalue weighted by Gasteiger charge is -2.39. The number of hydrogen-bond donors (Lipinski definition) is 0. The lowest BCUT2D eigenvalue weighted by molar-refractivity contribution is -0.137. The van der Waals surface area contributed by atoms with Gasteiger partial charge >= 0.3 is 6.18 Å². The van der Waals surface area contributed by atoms with Crippen LogP contribution in [0.3, 0.4) is 0 Å². The first-order chi connectivity index (χ1) is 33.9. The summed E-state index contributed by atoms with van der Waals surface area (Å²) < 4.78 is 270. The molecular formula is C41H40F5N3O3S. The molecule has 1 fully saturated rings. The van der Waals surface area contributed by atoms with Gasteiger partial charge in [-0.3, -0.25) is 9.59 Å². The maximum atomic E-state index is 15.8. The van der Waals surface area contributed by atoms with Crippen LogP contribution in [0.4, 0.5) is 22.0 Å². The Morgan fingerprint density at radius 2 is 1.75 bits per heavy atom. The topological polar surface area (TPSA) is 54.8 Å². The minimum absolute atomic E-state index is 0.0000200. The van der Waals surface area contributed by atoms with E-state index in [2.05, 4.69) is 4.74 Å². The SMILES string of the molecule is [2H]c1c(C)c([2H])c2c(=O)c([2H])c(SCc3cccc(F)c3F)n(C([2H])([2H])C(=O)N(C([2H])([2H])c3ccc(-c4ccc(C(F)(F)F)cc4)cc3)C3([2H])C([2H])([2H])C([2H])([2H])N(C([2H])([2H])COC([2H])([2H])[2H])C([2H])([2H])C3([2H])[2H])c2c1[2H]. The maximum absolute atomic E-state index is 15.8. The van der Waals surface area contributed by atoms with Crippen molar-refractivity contribution in [3.8, 4) is 11.1 Å². The van der Waals surface area contributed by atoms with E-state index in [9.17, 15) is 34.7 Å². The predicted molar refractivity (Wildman–Crippen MR) is 198 cm³/mol. The number of thioether (sulfide) groups is 1. The van der Waals surface area contributed by atoms with Crippen molar-refractivity contribution in [3.63, 3.8) is 0 Å². The first-order valence-electron chi connectivity index (χ1n) is 26.2. The Balaban J connectivity index is 1.72. The van der Waals surface area contributed by atoms with E-state index in [-0.39, 0.29) is 27.5 Å². The van der Waals surface area contributed by atoms with Gasteiger partial charge < -0.3 is 19.1 Å². The number of halogens is 5. The molecule has 0 atom stereocenters. The van der Waals surface area contributed by atoms with E-state index < -0.39 is 172 Å². The largest absolute Gasteiger partial charge is 0.416 e. The number of methoxy groups -OCH3 is 1. The first-order valence-corrected chi connectivity index (χ1v) is 16.2. The number of hydrogen-bond acceptors (Lipinski definition) is 5. The second-order valence-corrected chi connectivity index (χ2v) is 11.9. The molecule has 0 bridgehead atoms. The molecule has 5 aromatic rings. The molecule has 0 radical (unpaired) electrons. The van der Waals surface area contributed by atoms with Crippen LogP contribution in [0.1, 0.15) is 65.2 Å². The Labute approximate surface area is 340 Å². The van der Waals surface area contributed by atoms with Gasteiger partial charge in [0.25, 0.3) is 0 Å². The lowest BCUT2D eigenvalue weighted by atomic mass is 10.00. The second-order valence-electron chi connectivity index (χ2n) is 10.9. The number of rotatable bonds is 12. The summed E-state index contributed by atoms with van der Waals surface area (Å²) >= 11 is 0.0887. The van der Waals surface area contributed by atoms with Crippen molar-refractivity contribution in [2.75, 3.05) is 33.1 Å². The van der Waals surface area contributed by atoms with E-state index in [1.165, 1.54) is 0 Å². The molecule has 6 nitrogen and oxygen atoms in total. The number of carbonyl (C=O) groups excluding carboxylic acids is 1. The van der Waals surface area contributed by atoms with Crippen LogP contribution >= 0.6 is 11.8 Å². The number of benzene rings is 4. The minimum atomic E-state index is -4.94. The van der Waals surface area contributed by atoms with Gasteiger partial charge in [-0.15, -0.1) is 11.8 Å². The summed E-state index contributed by atoms with van der Waals surface area (Å²) in [5, 5.41) is -2.20. The van der Waals surface area contributed by atoms with Crippen LogP contribution in [-0.2, 0) is 34.5 Å². The molecule has 1 amide bonds. The summed E-state index contributed by atoms with van der Waals surface area (Å²) in [6.45, 7) is -22.6. The quantitative estimate of drug-likeness (QED) is 0.0939. The van der Waals surface area contributed by atoms with Crippen LogP contribution in [-0.4, -0.2) is 59.4 Å². The molecule has 0 unspecified atom stereocenters. The summed E-state index contributed by atoms with van der Waals surface area (Å²) in [6.07, 6.45) is -14.4. The third kappa shape index (κ3) is 9.17. The summed E-state index contributed by atoms with van der Waals surface area (Å²) in [7, 11) is -3.50. The number of nitrogens with zero attached hydrogens (tertiary/aromatic N) is 3. The van der Waals surface area contributed by atoms with Crippen LogP contribution in [0.2, 0.25) is 0 Å². The highest BCUT2D eigenvalue weighted by Crippen LogP contribution is 2.32. The number of ether oxygens (including phenoxy) is 1. The molecule has 278 valence electrons. The molecule has 1 saturated heterocycles. The van der Waals surface area contributed by atoms with Crippen molar-refractivity contribution < 1.29 is 61.6 Å². The molecule has 1 aromatic heterocycles. The second kappa shape index (κ2) is 16.7. The molecule has 0 spiro atoms. The van der Waals surface area contributed by atoms with Gasteiger partial charge in [0, 0.05) is 75.5 Å². The van der Waals surface area contributed by atoms with Crippen molar-refractivity contribution in [3.05, 3.63) is 135 Å². The predicted octanol–water partition coefficient (Wildman–Crippen LogP) is 8.71. The number of likely N-dealkylation sites (tertiary alicyclic amines) is 1. The summed E-state index contributed by atoms with van der Waals surface area (Å²) in [5.74, 6) is -6.52. The van der Waals surface area contributed by atoms with E-state index in [4.69, 9.17) is 17.8 Å². The van der Waals surface area contributed by atoms with Gasteiger partial charge in [0.05, 0.1) is 39.2 Å². The Kier molecular flexibility index (Phi) is 6.03. The Morgan fingerprint density at radius 1 is 1.06 bits per heavy atom. The standard InChI is InChI=1S/C41H40F5N3O3S/c1-27-6-15-36-34(22-27)37(50)23-39(53-26-31-4-3-5-35(42)40(31)43)49(36)25-38(51)48(33-16-18-47(19-17-33)20-21-52-2)24-28-7-9-29(10-8-28)30-11-13-32(14-12-30)41(44,45)46/h3-15,22-23,33H,16-21,24-26H2,1-2H3/i2D3,6D,15D,16D2,17D2,18D2,19D2,20D2,22D,23D,24D2,25D2,33D. The van der Waals surface area contributed by atoms with E-state index >= 15 is 9.18 Å².